The van der Waals surface area contributed by atoms with Crippen molar-refractivity contribution in [3.63, 3.8) is 0 Å². The Bertz CT molecular complexity index is 1380. The number of aliphatic carboxylic acids is 1. The summed E-state index contributed by atoms with van der Waals surface area (Å²) in [7, 11) is 0. The molecule has 0 aliphatic carbocycles. The molecule has 1 fully saturated rings. The lowest BCUT2D eigenvalue weighted by Gasteiger charge is -2.23. The van der Waals surface area contributed by atoms with Crippen LogP contribution in [-0.2, 0) is 29.0 Å². The summed E-state index contributed by atoms with van der Waals surface area (Å²) in [6.07, 6.45) is 5.21. The molecule has 200 valence electrons. The zero-order valence-electron chi connectivity index (χ0n) is 21.4. The van der Waals surface area contributed by atoms with Crippen LogP contribution in [0.15, 0.2) is 89.7 Å². The molecule has 1 aliphatic rings. The Kier molecular flexibility index (Phi) is 8.16. The van der Waals surface area contributed by atoms with E-state index in [1.54, 1.807) is 30.6 Å². The molecule has 1 amide bonds. The number of nitrogens with one attached hydrogen (secondary N) is 1. The van der Waals surface area contributed by atoms with Gasteiger partial charge in [0.05, 0.1) is 18.2 Å². The molecule has 2 N–H and O–H groups in total. The molecule has 0 saturated carbocycles. The maximum Gasteiger partial charge on any atom is 0.326 e. The van der Waals surface area contributed by atoms with Gasteiger partial charge in [-0.1, -0.05) is 47.6 Å². The zero-order chi connectivity index (χ0) is 27.0. The number of carbonyl (C=O) groups excluding carboxylic acids is 1. The smallest absolute Gasteiger partial charge is 0.326 e. The van der Waals surface area contributed by atoms with E-state index in [2.05, 4.69) is 15.5 Å². The third kappa shape index (κ3) is 6.81. The Hall–Kier alpha value is -4.66. The first-order chi connectivity index (χ1) is 19.0. The molecule has 3 heterocycles. The molecule has 9 heteroatoms. The van der Waals surface area contributed by atoms with Gasteiger partial charge in [0.2, 0.25) is 5.91 Å². The van der Waals surface area contributed by atoms with E-state index in [9.17, 15) is 14.7 Å². The fourth-order valence-electron chi connectivity index (χ4n) is 4.73. The van der Waals surface area contributed by atoms with Gasteiger partial charge in [-0.05, 0) is 48.2 Å². The van der Waals surface area contributed by atoms with Gasteiger partial charge in [0.25, 0.3) is 0 Å². The number of hydrogen-bond donors (Lipinski definition) is 2. The molecular weight excluding hydrogens is 496 g/mol. The molecule has 2 unspecified atom stereocenters. The zero-order valence-corrected chi connectivity index (χ0v) is 21.4. The average molecular weight is 527 g/mol. The van der Waals surface area contributed by atoms with Crippen LogP contribution in [0.5, 0.6) is 5.75 Å². The van der Waals surface area contributed by atoms with Crippen molar-refractivity contribution in [2.45, 2.75) is 44.4 Å². The molecule has 39 heavy (non-hydrogen) atoms. The number of amides is 1. The van der Waals surface area contributed by atoms with Crippen LogP contribution in [0.25, 0.3) is 0 Å². The summed E-state index contributed by atoms with van der Waals surface area (Å²) in [5.74, 6) is 0.203. The van der Waals surface area contributed by atoms with Crippen molar-refractivity contribution < 1.29 is 24.0 Å². The predicted octanol–water partition coefficient (Wildman–Crippen LogP) is 4.66. The van der Waals surface area contributed by atoms with E-state index in [-0.39, 0.29) is 24.8 Å². The Balaban J connectivity index is 1.18. The first kappa shape index (κ1) is 26.0. The Morgan fingerprint density at radius 2 is 1.90 bits per heavy atom. The summed E-state index contributed by atoms with van der Waals surface area (Å²) in [5.41, 5.74) is 3.25. The number of rotatable bonds is 11. The molecule has 4 aromatic rings. The lowest BCUT2D eigenvalue weighted by atomic mass is 10.1. The Morgan fingerprint density at radius 3 is 2.64 bits per heavy atom. The van der Waals surface area contributed by atoms with Gasteiger partial charge < -0.3 is 24.6 Å². The fourth-order valence-corrected chi connectivity index (χ4v) is 4.73. The number of carboxylic acids is 1. The normalized spacial score (nSPS) is 15.6. The average Bonchev–Trinajstić information content (AvgIpc) is 3.63. The molecule has 5 rings (SSSR count). The molecule has 1 aliphatic heterocycles. The van der Waals surface area contributed by atoms with Crippen molar-refractivity contribution in [3.8, 4) is 5.75 Å². The van der Waals surface area contributed by atoms with Crippen LogP contribution in [0.2, 0.25) is 0 Å². The van der Waals surface area contributed by atoms with Crippen molar-refractivity contribution in [3.05, 3.63) is 108 Å². The molecule has 1 saturated heterocycles. The second kappa shape index (κ2) is 12.3. The number of aromatic nitrogens is 2. The summed E-state index contributed by atoms with van der Waals surface area (Å²) >= 11 is 0. The number of carboxylic acid groups (broad SMARTS) is 1. The van der Waals surface area contributed by atoms with Crippen LogP contribution in [-0.4, -0.2) is 44.6 Å². The van der Waals surface area contributed by atoms with Gasteiger partial charge in [-0.3, -0.25) is 9.78 Å². The highest BCUT2D eigenvalue weighted by molar-refractivity contribution is 5.79. The van der Waals surface area contributed by atoms with Crippen molar-refractivity contribution in [1.29, 1.82) is 0 Å². The predicted molar refractivity (Wildman–Crippen MR) is 144 cm³/mol. The van der Waals surface area contributed by atoms with E-state index in [0.717, 1.165) is 29.7 Å². The van der Waals surface area contributed by atoms with E-state index in [1.165, 1.54) is 0 Å². The Morgan fingerprint density at radius 1 is 1.08 bits per heavy atom. The van der Waals surface area contributed by atoms with Crippen molar-refractivity contribution >= 4 is 17.6 Å². The number of benzene rings is 2. The maximum atomic E-state index is 13.2. The molecule has 0 radical (unpaired) electrons. The number of nitrogens with zero attached hydrogens (tertiary/aromatic N) is 3. The van der Waals surface area contributed by atoms with Crippen LogP contribution in [0, 0.1) is 0 Å². The number of pyridine rings is 1. The largest absolute Gasteiger partial charge is 0.489 e. The second-order valence-electron chi connectivity index (χ2n) is 9.54. The number of likely N-dealkylation sites (tertiary alicyclic amines) is 1. The molecular formula is C30H30N4O5. The van der Waals surface area contributed by atoms with Crippen LogP contribution >= 0.6 is 0 Å². The number of anilines is 1. The minimum Gasteiger partial charge on any atom is -0.489 e. The van der Waals surface area contributed by atoms with E-state index < -0.39 is 12.0 Å². The van der Waals surface area contributed by atoms with Gasteiger partial charge in [-0.25, -0.2) is 4.79 Å². The monoisotopic (exact) mass is 526 g/mol. The van der Waals surface area contributed by atoms with Gasteiger partial charge in [0.15, 0.2) is 0 Å². The topological polar surface area (TPSA) is 118 Å². The fraction of sp³-hybridized carbons (Fsp3) is 0.267. The summed E-state index contributed by atoms with van der Waals surface area (Å²) < 4.78 is 11.3. The molecule has 0 bridgehead atoms. The Labute approximate surface area is 226 Å². The van der Waals surface area contributed by atoms with Gasteiger partial charge in [0.1, 0.15) is 29.9 Å². The highest BCUT2D eigenvalue weighted by Crippen LogP contribution is 2.32. The van der Waals surface area contributed by atoms with Crippen molar-refractivity contribution in [2.24, 2.45) is 0 Å². The minimum absolute atomic E-state index is 0.0154. The van der Waals surface area contributed by atoms with Crippen LogP contribution in [0.3, 0.4) is 0 Å². The summed E-state index contributed by atoms with van der Waals surface area (Å²) in [6.45, 7) is 1.13. The van der Waals surface area contributed by atoms with Crippen LogP contribution < -0.4 is 10.1 Å². The molecule has 2 aromatic heterocycles. The molecule has 2 aromatic carbocycles. The quantitative estimate of drug-likeness (QED) is 0.290. The van der Waals surface area contributed by atoms with Gasteiger partial charge in [-0.2, -0.15) is 0 Å². The number of hydrogen-bond acceptors (Lipinski definition) is 7. The van der Waals surface area contributed by atoms with Crippen molar-refractivity contribution in [1.82, 2.24) is 15.0 Å². The summed E-state index contributed by atoms with van der Waals surface area (Å²) in [4.78, 5) is 30.9. The van der Waals surface area contributed by atoms with E-state index in [0.29, 0.717) is 30.3 Å². The molecule has 2 atom stereocenters. The SMILES string of the molecule is O=C(O)C(Cc1cc(C2CCCN2C(=O)Cc2ccc(OCc3ccccc3)cc2)no1)Nc1cccnc1. The number of ether oxygens (including phenoxy) is 1. The third-order valence-electron chi connectivity index (χ3n) is 6.72. The molecule has 0 spiro atoms. The first-order valence-electron chi connectivity index (χ1n) is 12.9. The second-order valence-corrected chi connectivity index (χ2v) is 9.54. The third-order valence-corrected chi connectivity index (χ3v) is 6.72. The highest BCUT2D eigenvalue weighted by Gasteiger charge is 2.32. The van der Waals surface area contributed by atoms with Gasteiger partial charge in [-0.15, -0.1) is 0 Å². The van der Waals surface area contributed by atoms with Gasteiger partial charge >= 0.3 is 5.97 Å². The van der Waals surface area contributed by atoms with E-state index in [4.69, 9.17) is 9.26 Å². The van der Waals surface area contributed by atoms with Gasteiger partial charge in [0, 0.05) is 31.4 Å². The lowest BCUT2D eigenvalue weighted by Crippen LogP contribution is -2.32. The van der Waals surface area contributed by atoms with Crippen molar-refractivity contribution in [2.75, 3.05) is 11.9 Å². The van der Waals surface area contributed by atoms with E-state index in [1.807, 2.05) is 59.5 Å². The first-order valence-corrected chi connectivity index (χ1v) is 12.9. The van der Waals surface area contributed by atoms with E-state index >= 15 is 0 Å². The minimum atomic E-state index is -1.01. The summed E-state index contributed by atoms with van der Waals surface area (Å²) in [5, 5.41) is 16.8. The lowest BCUT2D eigenvalue weighted by molar-refractivity contribution is -0.138. The van der Waals surface area contributed by atoms with Crippen LogP contribution in [0.1, 0.15) is 41.5 Å². The van der Waals surface area contributed by atoms with Crippen LogP contribution in [0.4, 0.5) is 5.69 Å². The maximum absolute atomic E-state index is 13.2. The number of carbonyl (C=O) groups is 2. The standard InChI is InChI=1S/C30H30N4O5/c35-29(16-21-10-12-24(13-11-21)38-20-22-6-2-1-3-7-22)34-15-5-9-28(34)26-17-25(39-33-26)18-27(30(36)37)32-23-8-4-14-31-19-23/h1-4,6-8,10-14,17,19,27-28,32H,5,9,15-16,18,20H2,(H,36,37). The summed E-state index contributed by atoms with van der Waals surface area (Å²) in [6, 6.07) is 21.7. The molecule has 9 nitrogen and oxygen atoms in total. The highest BCUT2D eigenvalue weighted by atomic mass is 16.5.